The van der Waals surface area contributed by atoms with Gasteiger partial charge >= 0.3 is 0 Å². The van der Waals surface area contributed by atoms with E-state index in [0.29, 0.717) is 27.7 Å². The van der Waals surface area contributed by atoms with Crippen molar-refractivity contribution in [1.29, 1.82) is 0 Å². The zero-order chi connectivity index (χ0) is 21.2. The number of nitrogens with zero attached hydrogens (tertiary/aromatic N) is 3. The molecular formula is C19H21ClFN5O3S. The molecule has 0 saturated carbocycles. The number of aromatic nitrogens is 3. The van der Waals surface area contributed by atoms with Crippen LogP contribution in [0.1, 0.15) is 10.4 Å². The van der Waals surface area contributed by atoms with Crippen molar-refractivity contribution in [3.63, 3.8) is 0 Å². The lowest BCUT2D eigenvalue weighted by Gasteiger charge is -2.09. The fraction of sp³-hybridized carbons (Fsp3) is 0.211. The molecule has 0 aliphatic carbocycles. The van der Waals surface area contributed by atoms with Crippen molar-refractivity contribution in [2.24, 2.45) is 5.73 Å². The van der Waals surface area contributed by atoms with Gasteiger partial charge in [0, 0.05) is 31.0 Å². The SMILES string of the molecule is CNC(=O)c1cc(-c2cccc(S(C)(=O)=O)c2)c2nnn(C/C(F)=C/CN)c2c1.Cl. The number of sulfone groups is 1. The molecule has 0 fully saturated rings. The molecule has 0 aliphatic rings. The molecule has 0 spiro atoms. The number of amides is 1. The van der Waals surface area contributed by atoms with Crippen LogP contribution in [0.15, 0.2) is 53.2 Å². The van der Waals surface area contributed by atoms with Crippen LogP contribution >= 0.6 is 12.4 Å². The molecule has 3 N–H and O–H groups in total. The standard InChI is InChI=1S/C19H20FN5O3S.ClH/c1-22-19(26)13-9-16(12-4-3-5-15(8-12)29(2,27)28)18-17(10-13)25(24-23-18)11-14(20)6-7-21;/h3-6,8-10H,7,11,21H2,1-2H3,(H,22,26);1H/b14-6-;. The van der Waals surface area contributed by atoms with Crippen LogP contribution in [-0.4, -0.2) is 49.2 Å². The Bertz CT molecular complexity index is 1220. The Hall–Kier alpha value is -2.82. The van der Waals surface area contributed by atoms with Gasteiger partial charge in [-0.05, 0) is 35.9 Å². The summed E-state index contributed by atoms with van der Waals surface area (Å²) in [4.78, 5) is 12.4. The minimum absolute atomic E-state index is 0. The maximum atomic E-state index is 14.0. The average Bonchev–Trinajstić information content (AvgIpc) is 3.09. The number of nitrogens with two attached hydrogens (primary N) is 1. The molecule has 2 aromatic carbocycles. The number of fused-ring (bicyclic) bond motifs is 1. The predicted octanol–water partition coefficient (Wildman–Crippen LogP) is 2.10. The molecule has 0 atom stereocenters. The minimum atomic E-state index is -3.42. The van der Waals surface area contributed by atoms with Crippen molar-refractivity contribution in [2.45, 2.75) is 11.4 Å². The summed E-state index contributed by atoms with van der Waals surface area (Å²) in [6.07, 6.45) is 2.35. The average molecular weight is 454 g/mol. The molecule has 0 unspecified atom stereocenters. The Morgan fingerprint density at radius 3 is 2.67 bits per heavy atom. The normalized spacial score (nSPS) is 11.9. The van der Waals surface area contributed by atoms with E-state index in [1.54, 1.807) is 24.3 Å². The smallest absolute Gasteiger partial charge is 0.251 e. The molecule has 1 heterocycles. The van der Waals surface area contributed by atoms with Gasteiger partial charge in [-0.1, -0.05) is 17.3 Å². The first-order valence-electron chi connectivity index (χ1n) is 8.69. The summed E-state index contributed by atoms with van der Waals surface area (Å²) in [6, 6.07) is 9.48. The summed E-state index contributed by atoms with van der Waals surface area (Å²) in [7, 11) is -1.93. The quantitative estimate of drug-likeness (QED) is 0.589. The first-order chi connectivity index (χ1) is 13.7. The maximum absolute atomic E-state index is 14.0. The Morgan fingerprint density at radius 1 is 1.30 bits per heavy atom. The molecule has 1 amide bonds. The van der Waals surface area contributed by atoms with Gasteiger partial charge in [-0.25, -0.2) is 17.5 Å². The highest BCUT2D eigenvalue weighted by Gasteiger charge is 2.18. The summed E-state index contributed by atoms with van der Waals surface area (Å²) < 4.78 is 39.2. The van der Waals surface area contributed by atoms with Gasteiger partial charge in [0.05, 0.1) is 17.0 Å². The largest absolute Gasteiger partial charge is 0.355 e. The summed E-state index contributed by atoms with van der Waals surface area (Å²) in [5.74, 6) is -0.830. The summed E-state index contributed by atoms with van der Waals surface area (Å²) in [6.45, 7) is -0.140. The van der Waals surface area contributed by atoms with Crippen molar-refractivity contribution in [2.75, 3.05) is 19.8 Å². The van der Waals surface area contributed by atoms with Crippen molar-refractivity contribution < 1.29 is 17.6 Å². The number of nitrogens with one attached hydrogen (secondary N) is 1. The number of hydrogen-bond acceptors (Lipinski definition) is 6. The van der Waals surface area contributed by atoms with Crippen molar-refractivity contribution in [1.82, 2.24) is 20.3 Å². The lowest BCUT2D eigenvalue weighted by Crippen LogP contribution is -2.18. The molecule has 8 nitrogen and oxygen atoms in total. The molecule has 30 heavy (non-hydrogen) atoms. The summed E-state index contributed by atoms with van der Waals surface area (Å²) >= 11 is 0. The van der Waals surface area contributed by atoms with Crippen LogP contribution in [0.2, 0.25) is 0 Å². The molecule has 11 heteroatoms. The van der Waals surface area contributed by atoms with Crippen molar-refractivity contribution in [3.05, 3.63) is 53.9 Å². The highest BCUT2D eigenvalue weighted by atomic mass is 35.5. The van der Waals surface area contributed by atoms with Crippen LogP contribution < -0.4 is 11.1 Å². The zero-order valence-electron chi connectivity index (χ0n) is 16.3. The number of halogens is 2. The lowest BCUT2D eigenvalue weighted by molar-refractivity contribution is 0.0963. The van der Waals surface area contributed by atoms with E-state index in [9.17, 15) is 17.6 Å². The first-order valence-corrected chi connectivity index (χ1v) is 10.6. The third kappa shape index (κ3) is 4.84. The van der Waals surface area contributed by atoms with Gasteiger partial charge in [0.15, 0.2) is 9.84 Å². The van der Waals surface area contributed by atoms with Gasteiger partial charge in [-0.15, -0.1) is 17.5 Å². The van der Waals surface area contributed by atoms with Crippen LogP contribution in [0.25, 0.3) is 22.2 Å². The van der Waals surface area contributed by atoms with Gasteiger partial charge in [0.2, 0.25) is 0 Å². The summed E-state index contributed by atoms with van der Waals surface area (Å²) in [5.41, 5.74) is 7.57. The molecule has 3 aromatic rings. The Morgan fingerprint density at radius 2 is 2.03 bits per heavy atom. The van der Waals surface area contributed by atoms with E-state index < -0.39 is 15.7 Å². The van der Waals surface area contributed by atoms with E-state index in [2.05, 4.69) is 15.6 Å². The van der Waals surface area contributed by atoms with Crippen LogP contribution in [-0.2, 0) is 16.4 Å². The van der Waals surface area contributed by atoms with Crippen LogP contribution in [0.4, 0.5) is 4.39 Å². The monoisotopic (exact) mass is 453 g/mol. The Balaban J connectivity index is 0.00000320. The number of benzene rings is 2. The van der Waals surface area contributed by atoms with E-state index in [1.807, 2.05) is 0 Å². The van der Waals surface area contributed by atoms with E-state index in [4.69, 9.17) is 5.73 Å². The van der Waals surface area contributed by atoms with Gasteiger partial charge in [-0.2, -0.15) is 0 Å². The van der Waals surface area contributed by atoms with Gasteiger partial charge in [0.25, 0.3) is 5.91 Å². The number of allylic oxidation sites excluding steroid dienone is 1. The maximum Gasteiger partial charge on any atom is 0.251 e. The topological polar surface area (TPSA) is 120 Å². The molecule has 3 rings (SSSR count). The number of hydrogen-bond donors (Lipinski definition) is 2. The third-order valence-electron chi connectivity index (χ3n) is 4.32. The van der Waals surface area contributed by atoms with E-state index in [-0.39, 0.29) is 36.3 Å². The first kappa shape index (κ1) is 23.5. The van der Waals surface area contributed by atoms with Crippen LogP contribution in [0, 0.1) is 0 Å². The molecule has 160 valence electrons. The van der Waals surface area contributed by atoms with E-state index >= 15 is 0 Å². The highest BCUT2D eigenvalue weighted by Crippen LogP contribution is 2.30. The highest BCUT2D eigenvalue weighted by molar-refractivity contribution is 7.90. The number of carbonyl (C=O) groups is 1. The van der Waals surface area contributed by atoms with Crippen molar-refractivity contribution in [3.8, 4) is 11.1 Å². The number of rotatable bonds is 6. The fourth-order valence-corrected chi connectivity index (χ4v) is 3.58. The second kappa shape index (κ2) is 9.33. The molecule has 0 aliphatic heterocycles. The predicted molar refractivity (Wildman–Crippen MR) is 115 cm³/mol. The minimum Gasteiger partial charge on any atom is -0.355 e. The number of carbonyl (C=O) groups excluding carboxylic acids is 1. The van der Waals surface area contributed by atoms with Gasteiger partial charge < -0.3 is 11.1 Å². The second-order valence-electron chi connectivity index (χ2n) is 6.40. The molecule has 1 aromatic heterocycles. The Kier molecular flexibility index (Phi) is 7.30. The summed E-state index contributed by atoms with van der Waals surface area (Å²) in [5, 5.41) is 10.7. The van der Waals surface area contributed by atoms with Crippen LogP contribution in [0.5, 0.6) is 0 Å². The zero-order valence-corrected chi connectivity index (χ0v) is 17.9. The fourth-order valence-electron chi connectivity index (χ4n) is 2.91. The van der Waals surface area contributed by atoms with Gasteiger partial charge in [-0.3, -0.25) is 4.79 Å². The van der Waals surface area contributed by atoms with Crippen LogP contribution in [0.3, 0.4) is 0 Å². The lowest BCUT2D eigenvalue weighted by atomic mass is 10.0. The molecule has 0 radical (unpaired) electrons. The molecule has 0 saturated heterocycles. The molecule has 0 bridgehead atoms. The molecular weight excluding hydrogens is 433 g/mol. The Labute approximate surface area is 179 Å². The second-order valence-corrected chi connectivity index (χ2v) is 8.42. The van der Waals surface area contributed by atoms with E-state index in [1.165, 1.54) is 29.9 Å². The van der Waals surface area contributed by atoms with E-state index in [0.717, 1.165) is 6.26 Å². The van der Waals surface area contributed by atoms with Crippen molar-refractivity contribution >= 4 is 39.2 Å². The third-order valence-corrected chi connectivity index (χ3v) is 5.43. The van der Waals surface area contributed by atoms with Gasteiger partial charge in [0.1, 0.15) is 11.3 Å².